The lowest BCUT2D eigenvalue weighted by Crippen LogP contribution is -2.15. The Labute approximate surface area is 110 Å². The molecule has 2 heteroatoms. The Morgan fingerprint density at radius 1 is 0.833 bits per heavy atom. The molecule has 0 spiro atoms. The van der Waals surface area contributed by atoms with E-state index in [1.807, 2.05) is 36.4 Å². The summed E-state index contributed by atoms with van der Waals surface area (Å²) < 4.78 is 0. The van der Waals surface area contributed by atoms with Crippen molar-refractivity contribution in [2.45, 2.75) is 28.9 Å². The summed E-state index contributed by atoms with van der Waals surface area (Å²) in [4.78, 5) is 15.0. The molecule has 0 fully saturated rings. The molecule has 0 bridgehead atoms. The van der Waals surface area contributed by atoms with Crippen LogP contribution in [0.25, 0.3) is 0 Å². The first kappa shape index (κ1) is 11.5. The number of fused-ring (bicyclic) bond motifs is 2. The second-order valence-electron chi connectivity index (χ2n) is 4.83. The molecule has 2 aromatic carbocycles. The Morgan fingerprint density at radius 2 is 1.28 bits per heavy atom. The molecule has 0 saturated heterocycles. The molecular formula is C16H16OS. The maximum absolute atomic E-state index is 12.5. The van der Waals surface area contributed by atoms with Crippen LogP contribution in [0.1, 0.15) is 29.8 Å². The van der Waals surface area contributed by atoms with E-state index in [0.29, 0.717) is 5.25 Å². The number of hydrogen-bond acceptors (Lipinski definition) is 1. The first-order valence-electron chi connectivity index (χ1n) is 6.22. The van der Waals surface area contributed by atoms with E-state index in [1.54, 1.807) is 0 Å². The van der Waals surface area contributed by atoms with Gasteiger partial charge in [0.1, 0.15) is 0 Å². The molecule has 0 N–H and O–H groups in total. The monoisotopic (exact) mass is 256 g/mol. The molecule has 1 nitrogen and oxygen atoms in total. The smallest absolute Gasteiger partial charge is 0.195 e. The fourth-order valence-electron chi connectivity index (χ4n) is 2.58. The third-order valence-electron chi connectivity index (χ3n) is 3.33. The Bertz CT molecular complexity index is 566. The maximum Gasteiger partial charge on any atom is 0.195 e. The van der Waals surface area contributed by atoms with E-state index in [9.17, 15) is 4.79 Å². The molecule has 1 aliphatic heterocycles. The summed E-state index contributed by atoms with van der Waals surface area (Å²) in [6.07, 6.45) is 0. The van der Waals surface area contributed by atoms with Crippen molar-refractivity contribution in [1.29, 1.82) is 0 Å². The number of ketones is 1. The van der Waals surface area contributed by atoms with Crippen LogP contribution >= 0.6 is 10.9 Å². The van der Waals surface area contributed by atoms with Crippen molar-refractivity contribution in [1.82, 2.24) is 0 Å². The Balaban J connectivity index is 2.30. The van der Waals surface area contributed by atoms with Crippen LogP contribution in [-0.4, -0.2) is 11.0 Å². The fraction of sp³-hybridized carbons (Fsp3) is 0.188. The van der Waals surface area contributed by atoms with E-state index >= 15 is 0 Å². The molecule has 3 rings (SSSR count). The Morgan fingerprint density at radius 3 is 1.72 bits per heavy atom. The maximum atomic E-state index is 12.5. The van der Waals surface area contributed by atoms with Crippen LogP contribution in [0.2, 0.25) is 0 Å². The molecule has 92 valence electrons. The van der Waals surface area contributed by atoms with E-state index in [4.69, 9.17) is 0 Å². The Kier molecular flexibility index (Phi) is 2.75. The van der Waals surface area contributed by atoms with E-state index in [-0.39, 0.29) is 5.78 Å². The van der Waals surface area contributed by atoms with Crippen LogP contribution in [0.4, 0.5) is 0 Å². The zero-order valence-electron chi connectivity index (χ0n) is 10.6. The lowest BCUT2D eigenvalue weighted by molar-refractivity contribution is 0.103. The van der Waals surface area contributed by atoms with Crippen molar-refractivity contribution in [3.63, 3.8) is 0 Å². The van der Waals surface area contributed by atoms with Crippen molar-refractivity contribution in [2.75, 3.05) is 0 Å². The molecule has 0 aliphatic carbocycles. The summed E-state index contributed by atoms with van der Waals surface area (Å²) in [5.74, 6) is 0.181. The molecule has 0 saturated carbocycles. The summed E-state index contributed by atoms with van der Waals surface area (Å²) >= 11 is 0. The highest BCUT2D eigenvalue weighted by atomic mass is 32.2. The molecule has 1 aliphatic rings. The molecule has 0 unspecified atom stereocenters. The average molecular weight is 256 g/mol. The van der Waals surface area contributed by atoms with Crippen LogP contribution in [0, 0.1) is 0 Å². The topological polar surface area (TPSA) is 17.1 Å². The third-order valence-corrected chi connectivity index (χ3v) is 6.18. The van der Waals surface area contributed by atoms with Crippen molar-refractivity contribution in [3.05, 3.63) is 59.7 Å². The van der Waals surface area contributed by atoms with Crippen LogP contribution in [0.15, 0.2) is 58.3 Å². The van der Waals surface area contributed by atoms with Crippen LogP contribution < -0.4 is 0 Å². The molecule has 0 radical (unpaired) electrons. The quantitative estimate of drug-likeness (QED) is 0.761. The van der Waals surface area contributed by atoms with Crippen LogP contribution in [-0.2, 0) is 0 Å². The van der Waals surface area contributed by atoms with Crippen molar-refractivity contribution in [2.24, 2.45) is 0 Å². The van der Waals surface area contributed by atoms with E-state index in [1.165, 1.54) is 9.79 Å². The first-order valence-corrected chi connectivity index (χ1v) is 7.63. The number of benzene rings is 2. The van der Waals surface area contributed by atoms with Gasteiger partial charge >= 0.3 is 0 Å². The molecule has 0 amide bonds. The minimum Gasteiger partial charge on any atom is -0.289 e. The lowest BCUT2D eigenvalue weighted by Gasteiger charge is -2.33. The van der Waals surface area contributed by atoms with Gasteiger partial charge in [0.15, 0.2) is 5.78 Å². The molecule has 0 atom stereocenters. The summed E-state index contributed by atoms with van der Waals surface area (Å²) in [6, 6.07) is 16.2. The summed E-state index contributed by atoms with van der Waals surface area (Å²) in [6.45, 7) is 4.49. The Hall–Kier alpha value is -1.54. The highest BCUT2D eigenvalue weighted by molar-refractivity contribution is 8.17. The first-order chi connectivity index (χ1) is 8.70. The normalized spacial score (nSPS) is 15.5. The molecule has 18 heavy (non-hydrogen) atoms. The van der Waals surface area contributed by atoms with Gasteiger partial charge in [-0.1, -0.05) is 38.1 Å². The van der Waals surface area contributed by atoms with Gasteiger partial charge in [0.2, 0.25) is 0 Å². The zero-order valence-corrected chi connectivity index (χ0v) is 11.4. The molecule has 2 aromatic rings. The van der Waals surface area contributed by atoms with Crippen molar-refractivity contribution < 1.29 is 4.79 Å². The SMILES string of the molecule is CC(C)[SH]1c2ccccc2C(=O)c2ccccc21. The highest BCUT2D eigenvalue weighted by Gasteiger charge is 2.29. The summed E-state index contributed by atoms with van der Waals surface area (Å²) in [5.41, 5.74) is 1.80. The van der Waals surface area contributed by atoms with Gasteiger partial charge in [-0.2, -0.15) is 10.9 Å². The van der Waals surface area contributed by atoms with Gasteiger partial charge in [0, 0.05) is 20.9 Å². The number of carbonyl (C=O) groups is 1. The molecule has 1 heterocycles. The largest absolute Gasteiger partial charge is 0.289 e. The average Bonchev–Trinajstić information content (AvgIpc) is 2.39. The van der Waals surface area contributed by atoms with Crippen molar-refractivity contribution in [3.8, 4) is 0 Å². The predicted octanol–water partition coefficient (Wildman–Crippen LogP) is 4.06. The third kappa shape index (κ3) is 1.60. The lowest BCUT2D eigenvalue weighted by atomic mass is 10.0. The second-order valence-corrected chi connectivity index (χ2v) is 7.56. The van der Waals surface area contributed by atoms with Gasteiger partial charge < -0.3 is 0 Å². The molecule has 0 aromatic heterocycles. The minimum atomic E-state index is -0.410. The van der Waals surface area contributed by atoms with E-state index < -0.39 is 10.9 Å². The van der Waals surface area contributed by atoms with Gasteiger partial charge in [-0.15, -0.1) is 0 Å². The number of rotatable bonds is 1. The zero-order chi connectivity index (χ0) is 12.7. The van der Waals surface area contributed by atoms with Gasteiger partial charge in [-0.3, -0.25) is 4.79 Å². The van der Waals surface area contributed by atoms with Gasteiger partial charge in [-0.25, -0.2) is 0 Å². The van der Waals surface area contributed by atoms with Gasteiger partial charge in [-0.05, 0) is 29.5 Å². The molecular weight excluding hydrogens is 240 g/mol. The second kappa shape index (κ2) is 4.29. The van der Waals surface area contributed by atoms with E-state index in [2.05, 4.69) is 26.0 Å². The number of thiol groups is 1. The fourth-order valence-corrected chi connectivity index (χ4v) is 5.32. The minimum absolute atomic E-state index is 0.181. The number of carbonyl (C=O) groups excluding carboxylic acids is 1. The highest BCUT2D eigenvalue weighted by Crippen LogP contribution is 2.54. The standard InChI is InChI=1S/C16H16OS/c1-11(2)18-14-9-5-3-7-12(14)16(17)13-8-4-6-10-15(13)18/h3-11,18H,1-2H3. The van der Waals surface area contributed by atoms with E-state index in [0.717, 1.165) is 11.1 Å². The van der Waals surface area contributed by atoms with Crippen LogP contribution in [0.3, 0.4) is 0 Å². The summed E-state index contributed by atoms with van der Waals surface area (Å²) in [5, 5.41) is 0.551. The van der Waals surface area contributed by atoms with Crippen molar-refractivity contribution >= 4 is 16.7 Å². The van der Waals surface area contributed by atoms with Gasteiger partial charge in [0.05, 0.1) is 0 Å². The summed E-state index contributed by atoms with van der Waals surface area (Å²) in [7, 11) is -0.410. The van der Waals surface area contributed by atoms with Crippen LogP contribution in [0.5, 0.6) is 0 Å². The number of hydrogen-bond donors (Lipinski definition) is 1. The van der Waals surface area contributed by atoms with Gasteiger partial charge in [0.25, 0.3) is 0 Å². The predicted molar refractivity (Wildman–Crippen MR) is 77.0 cm³/mol.